The van der Waals surface area contributed by atoms with Crippen LogP contribution in [0.25, 0.3) is 0 Å². The average Bonchev–Trinajstić information content (AvgIpc) is 3.41. The molecule has 0 bridgehead atoms. The number of hydrogen-bond acceptors (Lipinski definition) is 3. The second kappa shape index (κ2) is 8.30. The molecular weight excluding hydrogens is 422 g/mol. The molecule has 1 spiro atoms. The van der Waals surface area contributed by atoms with Crippen LogP contribution in [0.2, 0.25) is 0 Å². The summed E-state index contributed by atoms with van der Waals surface area (Å²) in [6, 6.07) is 6.03. The van der Waals surface area contributed by atoms with E-state index in [1.54, 1.807) is 17.0 Å². The van der Waals surface area contributed by atoms with Crippen molar-refractivity contribution in [1.29, 1.82) is 0 Å². The number of piperidine rings is 1. The number of rotatable bonds is 4. The van der Waals surface area contributed by atoms with E-state index in [1.165, 1.54) is 17.5 Å². The zero-order valence-corrected chi connectivity index (χ0v) is 19.5. The van der Waals surface area contributed by atoms with E-state index in [-0.39, 0.29) is 17.1 Å². The van der Waals surface area contributed by atoms with Crippen molar-refractivity contribution in [3.8, 4) is 0 Å². The fourth-order valence-electron chi connectivity index (χ4n) is 7.14. The van der Waals surface area contributed by atoms with Gasteiger partial charge in [0.1, 0.15) is 5.82 Å². The van der Waals surface area contributed by atoms with Gasteiger partial charge in [-0.1, -0.05) is 6.07 Å². The van der Waals surface area contributed by atoms with Crippen LogP contribution in [-0.2, 0) is 9.53 Å². The maximum absolute atomic E-state index is 14.2. The van der Waals surface area contributed by atoms with E-state index < -0.39 is 5.67 Å². The van der Waals surface area contributed by atoms with Crippen molar-refractivity contribution in [1.82, 2.24) is 9.80 Å². The Morgan fingerprint density at radius 2 is 1.64 bits per heavy atom. The minimum Gasteiger partial charge on any atom is -0.381 e. The first-order chi connectivity index (χ1) is 15.9. The number of amides is 1. The molecule has 33 heavy (non-hydrogen) atoms. The molecule has 1 unspecified atom stereocenters. The van der Waals surface area contributed by atoms with Crippen LogP contribution in [0.3, 0.4) is 0 Å². The third kappa shape index (κ3) is 4.12. The molecule has 5 fully saturated rings. The van der Waals surface area contributed by atoms with Crippen LogP contribution in [0, 0.1) is 11.2 Å². The summed E-state index contributed by atoms with van der Waals surface area (Å²) in [5, 5.41) is 0. The third-order valence-electron chi connectivity index (χ3n) is 9.28. The lowest BCUT2D eigenvalue weighted by Crippen LogP contribution is -2.60. The van der Waals surface area contributed by atoms with Crippen molar-refractivity contribution < 1.29 is 18.3 Å². The number of benzene rings is 1. The van der Waals surface area contributed by atoms with Crippen LogP contribution in [0.15, 0.2) is 18.2 Å². The Labute approximate surface area is 195 Å². The summed E-state index contributed by atoms with van der Waals surface area (Å²) in [5.74, 6) is 0.547. The summed E-state index contributed by atoms with van der Waals surface area (Å²) < 4.78 is 33.9. The minimum atomic E-state index is -1.53. The summed E-state index contributed by atoms with van der Waals surface area (Å²) in [6.45, 7) is 5.23. The van der Waals surface area contributed by atoms with Crippen molar-refractivity contribution in [2.45, 2.75) is 81.3 Å². The molecule has 2 aliphatic carbocycles. The van der Waals surface area contributed by atoms with Gasteiger partial charge < -0.3 is 14.5 Å². The molecule has 6 rings (SSSR count). The molecule has 1 aromatic carbocycles. The molecule has 4 nitrogen and oxygen atoms in total. The molecule has 3 heterocycles. The highest BCUT2D eigenvalue weighted by Gasteiger charge is 2.58. The number of carbonyl (C=O) groups is 1. The lowest BCUT2D eigenvalue weighted by atomic mass is 9.77. The van der Waals surface area contributed by atoms with Gasteiger partial charge in [0.2, 0.25) is 0 Å². The topological polar surface area (TPSA) is 32.8 Å². The van der Waals surface area contributed by atoms with Crippen molar-refractivity contribution in [3.63, 3.8) is 0 Å². The normalized spacial score (nSPS) is 29.9. The maximum Gasteiger partial charge on any atom is 0.260 e. The van der Waals surface area contributed by atoms with Crippen LogP contribution in [0.5, 0.6) is 0 Å². The van der Waals surface area contributed by atoms with E-state index in [1.807, 2.05) is 6.07 Å². The first kappa shape index (κ1) is 22.0. The molecule has 1 amide bonds. The zero-order valence-electron chi connectivity index (χ0n) is 19.5. The van der Waals surface area contributed by atoms with Gasteiger partial charge in [-0.3, -0.25) is 4.79 Å². The van der Waals surface area contributed by atoms with E-state index in [9.17, 15) is 13.6 Å². The molecule has 6 heteroatoms. The molecule has 0 radical (unpaired) electrons. The molecule has 3 aliphatic heterocycles. The fourth-order valence-corrected chi connectivity index (χ4v) is 7.14. The van der Waals surface area contributed by atoms with E-state index in [2.05, 4.69) is 4.90 Å². The van der Waals surface area contributed by atoms with E-state index in [0.29, 0.717) is 30.7 Å². The van der Waals surface area contributed by atoms with Gasteiger partial charge in [0.15, 0.2) is 5.67 Å². The van der Waals surface area contributed by atoms with Crippen LogP contribution in [0.1, 0.15) is 80.8 Å². The Hall–Kier alpha value is -1.53. The van der Waals surface area contributed by atoms with E-state index >= 15 is 0 Å². The summed E-state index contributed by atoms with van der Waals surface area (Å²) in [4.78, 5) is 16.7. The first-order valence-electron chi connectivity index (χ1n) is 13.0. The highest BCUT2D eigenvalue weighted by molar-refractivity contribution is 5.88. The fraction of sp³-hybridized carbons (Fsp3) is 0.741. The van der Waals surface area contributed by atoms with Gasteiger partial charge in [-0.05, 0) is 106 Å². The highest BCUT2D eigenvalue weighted by Crippen LogP contribution is 2.51. The number of likely N-dealkylation sites (tertiary alicyclic amines) is 2. The Kier molecular flexibility index (Phi) is 5.52. The summed E-state index contributed by atoms with van der Waals surface area (Å²) in [7, 11) is 0. The number of hydrogen-bond donors (Lipinski definition) is 0. The molecule has 0 aromatic heterocycles. The van der Waals surface area contributed by atoms with Gasteiger partial charge in [0.05, 0.1) is 0 Å². The van der Waals surface area contributed by atoms with Crippen LogP contribution in [-0.4, -0.2) is 66.8 Å². The van der Waals surface area contributed by atoms with Crippen LogP contribution >= 0.6 is 0 Å². The average molecular weight is 459 g/mol. The third-order valence-corrected chi connectivity index (χ3v) is 9.28. The predicted molar refractivity (Wildman–Crippen MR) is 122 cm³/mol. The number of nitrogens with zero attached hydrogens (tertiary/aromatic N) is 2. The standard InChI is InChI=1S/C27H36F2N2O2/c28-21-1-2-23(20-6-13-33-14-7-20)24(15-21)19-4-11-30(12-5-19)22-3-8-26(16-22)17-31(18-26)25(32)27(29)9-10-27/h1-2,15,19-20,22H,3-14,16-18H2. The van der Waals surface area contributed by atoms with Crippen molar-refractivity contribution in [2.24, 2.45) is 5.41 Å². The van der Waals surface area contributed by atoms with E-state index in [4.69, 9.17) is 4.74 Å². The molecule has 1 aromatic rings. The van der Waals surface area contributed by atoms with Crippen LogP contribution in [0.4, 0.5) is 8.78 Å². The summed E-state index contributed by atoms with van der Waals surface area (Å²) in [6.07, 6.45) is 8.52. The van der Waals surface area contributed by atoms with Crippen LogP contribution < -0.4 is 0 Å². The number of ether oxygens (including phenoxy) is 1. The Morgan fingerprint density at radius 1 is 0.939 bits per heavy atom. The highest BCUT2D eigenvalue weighted by atomic mass is 19.1. The first-order valence-corrected chi connectivity index (χ1v) is 13.0. The second-order valence-electron chi connectivity index (χ2n) is 11.5. The molecule has 0 N–H and O–H groups in total. The quantitative estimate of drug-likeness (QED) is 0.651. The lowest BCUT2D eigenvalue weighted by molar-refractivity contribution is -0.150. The molecule has 5 aliphatic rings. The molecule has 1 atom stereocenters. The molecule has 3 saturated heterocycles. The van der Waals surface area contributed by atoms with Gasteiger partial charge in [-0.15, -0.1) is 0 Å². The largest absolute Gasteiger partial charge is 0.381 e. The number of carbonyl (C=O) groups excluding carboxylic acids is 1. The predicted octanol–water partition coefficient (Wildman–Crippen LogP) is 4.78. The molecule has 2 saturated carbocycles. The van der Waals surface area contributed by atoms with Gasteiger partial charge in [0, 0.05) is 37.8 Å². The number of alkyl halides is 1. The Balaban J connectivity index is 1.05. The Morgan fingerprint density at radius 3 is 2.33 bits per heavy atom. The smallest absolute Gasteiger partial charge is 0.260 e. The van der Waals surface area contributed by atoms with Gasteiger partial charge in [-0.25, -0.2) is 8.78 Å². The molecular formula is C27H36F2N2O2. The van der Waals surface area contributed by atoms with E-state index in [0.717, 1.165) is 77.9 Å². The molecule has 180 valence electrons. The lowest BCUT2D eigenvalue weighted by Gasteiger charge is -2.49. The van der Waals surface area contributed by atoms with Crippen molar-refractivity contribution >= 4 is 5.91 Å². The summed E-state index contributed by atoms with van der Waals surface area (Å²) in [5.41, 5.74) is 1.28. The van der Waals surface area contributed by atoms with Crippen molar-refractivity contribution in [3.05, 3.63) is 35.1 Å². The zero-order chi connectivity index (χ0) is 22.6. The second-order valence-corrected chi connectivity index (χ2v) is 11.5. The van der Waals surface area contributed by atoms with Gasteiger partial charge in [0.25, 0.3) is 5.91 Å². The minimum absolute atomic E-state index is 0.119. The summed E-state index contributed by atoms with van der Waals surface area (Å²) >= 11 is 0. The number of halogens is 2. The SMILES string of the molecule is O=C(N1CC2(CCC(N3CCC(c4cc(F)ccc4C4CCOCC4)CC3)C2)C1)C1(F)CC1. The maximum atomic E-state index is 14.2. The monoisotopic (exact) mass is 458 g/mol. The van der Waals surface area contributed by atoms with Gasteiger partial charge >= 0.3 is 0 Å². The van der Waals surface area contributed by atoms with Crippen molar-refractivity contribution in [2.75, 3.05) is 39.4 Å². The van der Waals surface area contributed by atoms with Gasteiger partial charge in [-0.2, -0.15) is 0 Å². The Bertz CT molecular complexity index is 897.